The Morgan fingerprint density at radius 2 is 1.88 bits per heavy atom. The van der Waals surface area contributed by atoms with Gasteiger partial charge in [0.25, 0.3) is 0 Å². The number of thiocarbonyl (C=S) groups is 1. The van der Waals surface area contributed by atoms with E-state index in [0.717, 1.165) is 11.1 Å². The first-order chi connectivity index (χ1) is 11.9. The van der Waals surface area contributed by atoms with Crippen LogP contribution in [-0.4, -0.2) is 10.9 Å². The fourth-order valence-electron chi connectivity index (χ4n) is 2.89. The van der Waals surface area contributed by atoms with Crippen molar-refractivity contribution >= 4 is 40.4 Å². The molecule has 2 aromatic carbocycles. The van der Waals surface area contributed by atoms with Crippen molar-refractivity contribution in [3.05, 3.63) is 75.6 Å². The second kappa shape index (κ2) is 6.94. The van der Waals surface area contributed by atoms with Crippen LogP contribution in [0, 0.1) is 12.7 Å². The lowest BCUT2D eigenvalue weighted by atomic mass is 9.90. The number of benzene rings is 2. The molecule has 1 aliphatic rings. The molecule has 2 aromatic rings. The maximum absolute atomic E-state index is 14.5. The fourth-order valence-corrected chi connectivity index (χ4v) is 3.39. The predicted molar refractivity (Wildman–Crippen MR) is 102 cm³/mol. The molecule has 0 saturated heterocycles. The van der Waals surface area contributed by atoms with Crippen LogP contribution in [0.15, 0.2) is 48.0 Å². The number of Topliss-reactive ketones (excluding diaryl/α,β-unsaturated/α-hetero) is 1. The molecule has 3 rings (SSSR count). The lowest BCUT2D eigenvalue weighted by Gasteiger charge is -2.32. The Bertz CT molecular complexity index is 873. The Morgan fingerprint density at radius 3 is 2.48 bits per heavy atom. The average molecular weight is 375 g/mol. The molecule has 0 fully saturated rings. The highest BCUT2D eigenvalue weighted by molar-refractivity contribution is 7.80. The number of hydrogen-bond donors (Lipinski definition) is 2. The number of rotatable bonds is 3. The minimum absolute atomic E-state index is 0.192. The highest BCUT2D eigenvalue weighted by atomic mass is 35.5. The van der Waals surface area contributed by atoms with Gasteiger partial charge >= 0.3 is 0 Å². The molecule has 0 amide bonds. The summed E-state index contributed by atoms with van der Waals surface area (Å²) in [6.45, 7) is 3.43. The molecule has 0 aromatic heterocycles. The summed E-state index contributed by atoms with van der Waals surface area (Å²) in [7, 11) is 0. The molecule has 0 bridgehead atoms. The zero-order valence-electron chi connectivity index (χ0n) is 13.7. The molecule has 128 valence electrons. The molecule has 1 atom stereocenters. The zero-order chi connectivity index (χ0) is 18.1. The van der Waals surface area contributed by atoms with Gasteiger partial charge in [-0.25, -0.2) is 4.39 Å². The first-order valence-electron chi connectivity index (χ1n) is 7.72. The van der Waals surface area contributed by atoms with Crippen molar-refractivity contribution < 1.29 is 9.18 Å². The van der Waals surface area contributed by atoms with Gasteiger partial charge in [-0.15, -0.1) is 0 Å². The van der Waals surface area contributed by atoms with E-state index < -0.39 is 11.9 Å². The minimum Gasteiger partial charge on any atom is -0.351 e. The summed E-state index contributed by atoms with van der Waals surface area (Å²) in [5, 5.41) is 6.56. The van der Waals surface area contributed by atoms with Gasteiger partial charge in [0, 0.05) is 16.2 Å². The van der Waals surface area contributed by atoms with Crippen LogP contribution in [0.4, 0.5) is 4.39 Å². The van der Waals surface area contributed by atoms with Crippen LogP contribution in [0.2, 0.25) is 5.02 Å². The largest absolute Gasteiger partial charge is 0.351 e. The van der Waals surface area contributed by atoms with Crippen LogP contribution in [0.3, 0.4) is 0 Å². The molecule has 0 radical (unpaired) electrons. The summed E-state index contributed by atoms with van der Waals surface area (Å²) in [5.74, 6) is -0.681. The first kappa shape index (κ1) is 17.6. The number of carbonyl (C=O) groups excluding carboxylic acids is 1. The number of ketones is 1. The van der Waals surface area contributed by atoms with Gasteiger partial charge in [0.2, 0.25) is 0 Å². The molecule has 0 spiro atoms. The van der Waals surface area contributed by atoms with E-state index in [-0.39, 0.29) is 16.4 Å². The third-order valence-corrected chi connectivity index (χ3v) is 4.63. The molecular weight excluding hydrogens is 359 g/mol. The van der Waals surface area contributed by atoms with Crippen LogP contribution >= 0.6 is 23.8 Å². The smallest absolute Gasteiger partial charge is 0.171 e. The van der Waals surface area contributed by atoms with Gasteiger partial charge in [-0.05, 0) is 43.8 Å². The second-order valence-electron chi connectivity index (χ2n) is 5.88. The van der Waals surface area contributed by atoms with Gasteiger partial charge in [-0.2, -0.15) is 0 Å². The standard InChI is InChI=1S/C19H16ClFN2OS/c1-10-6-8-12(9-7-10)17-15(11(2)24)18(23-19(25)22-17)16-13(20)4-3-5-14(16)21/h3-9,18H,1-2H3,(H2,22,23,25)/t18-/m0/s1. The lowest BCUT2D eigenvalue weighted by Crippen LogP contribution is -2.45. The van der Waals surface area contributed by atoms with E-state index in [4.69, 9.17) is 23.8 Å². The van der Waals surface area contributed by atoms with Crippen LogP contribution < -0.4 is 10.6 Å². The lowest BCUT2D eigenvalue weighted by molar-refractivity contribution is -0.113. The van der Waals surface area contributed by atoms with Gasteiger partial charge in [-0.3, -0.25) is 4.79 Å². The summed E-state index contributed by atoms with van der Waals surface area (Å²) in [6.07, 6.45) is 0. The van der Waals surface area contributed by atoms with Crippen molar-refractivity contribution in [3.8, 4) is 0 Å². The Kier molecular flexibility index (Phi) is 4.88. The number of hydrogen-bond acceptors (Lipinski definition) is 2. The van der Waals surface area contributed by atoms with E-state index in [2.05, 4.69) is 10.6 Å². The topological polar surface area (TPSA) is 41.1 Å². The van der Waals surface area contributed by atoms with Crippen molar-refractivity contribution in [1.29, 1.82) is 0 Å². The van der Waals surface area contributed by atoms with Crippen molar-refractivity contribution in [2.45, 2.75) is 19.9 Å². The Labute approximate surface area is 155 Å². The summed E-state index contributed by atoms with van der Waals surface area (Å²) in [6, 6.07) is 11.4. The molecule has 6 heteroatoms. The summed E-state index contributed by atoms with van der Waals surface area (Å²) in [5.41, 5.74) is 3.07. The predicted octanol–water partition coefficient (Wildman–Crippen LogP) is 4.31. The number of aryl methyl sites for hydroxylation is 1. The van der Waals surface area contributed by atoms with E-state index in [1.54, 1.807) is 6.07 Å². The van der Waals surface area contributed by atoms with Crippen LogP contribution in [0.5, 0.6) is 0 Å². The quantitative estimate of drug-likeness (QED) is 0.786. The van der Waals surface area contributed by atoms with Gasteiger partial charge in [0.05, 0.1) is 11.7 Å². The van der Waals surface area contributed by atoms with Gasteiger partial charge in [-0.1, -0.05) is 47.5 Å². The monoisotopic (exact) mass is 374 g/mol. The number of nitrogens with one attached hydrogen (secondary N) is 2. The molecule has 0 aliphatic carbocycles. The van der Waals surface area contributed by atoms with E-state index in [9.17, 15) is 9.18 Å². The van der Waals surface area contributed by atoms with E-state index in [0.29, 0.717) is 16.4 Å². The Morgan fingerprint density at radius 1 is 1.20 bits per heavy atom. The summed E-state index contributed by atoms with van der Waals surface area (Å²) >= 11 is 11.5. The van der Waals surface area contributed by atoms with E-state index in [1.165, 1.54) is 19.1 Å². The van der Waals surface area contributed by atoms with E-state index >= 15 is 0 Å². The molecule has 1 aliphatic heterocycles. The second-order valence-corrected chi connectivity index (χ2v) is 6.69. The summed E-state index contributed by atoms with van der Waals surface area (Å²) < 4.78 is 14.5. The third kappa shape index (κ3) is 3.43. The Balaban J connectivity index is 2.24. The molecule has 3 nitrogen and oxygen atoms in total. The van der Waals surface area contributed by atoms with Crippen molar-refractivity contribution in [3.63, 3.8) is 0 Å². The average Bonchev–Trinajstić information content (AvgIpc) is 2.54. The third-order valence-electron chi connectivity index (χ3n) is 4.08. The fraction of sp³-hybridized carbons (Fsp3) is 0.158. The maximum atomic E-state index is 14.5. The normalized spacial score (nSPS) is 17.1. The van der Waals surface area contributed by atoms with Gasteiger partial charge in [0.1, 0.15) is 5.82 Å². The van der Waals surface area contributed by atoms with Crippen LogP contribution in [0.25, 0.3) is 5.70 Å². The maximum Gasteiger partial charge on any atom is 0.171 e. The van der Waals surface area contributed by atoms with Crippen molar-refractivity contribution in [2.75, 3.05) is 0 Å². The van der Waals surface area contributed by atoms with Crippen molar-refractivity contribution in [1.82, 2.24) is 10.6 Å². The van der Waals surface area contributed by atoms with Gasteiger partial charge in [0.15, 0.2) is 10.9 Å². The minimum atomic E-state index is -0.753. The number of halogens is 2. The Hall–Kier alpha value is -2.24. The molecule has 1 heterocycles. The van der Waals surface area contributed by atoms with Gasteiger partial charge < -0.3 is 10.6 Å². The SMILES string of the molecule is CC(=O)C1=C(c2ccc(C)cc2)NC(=S)N[C@@H]1c1c(F)cccc1Cl. The summed E-state index contributed by atoms with van der Waals surface area (Å²) in [4.78, 5) is 12.4. The molecule has 0 unspecified atom stereocenters. The molecule has 2 N–H and O–H groups in total. The first-order valence-corrected chi connectivity index (χ1v) is 8.50. The number of carbonyl (C=O) groups is 1. The highest BCUT2D eigenvalue weighted by Gasteiger charge is 2.33. The highest BCUT2D eigenvalue weighted by Crippen LogP contribution is 2.36. The molecule has 25 heavy (non-hydrogen) atoms. The zero-order valence-corrected chi connectivity index (χ0v) is 15.3. The molecular formula is C19H16ClFN2OS. The van der Waals surface area contributed by atoms with Crippen LogP contribution in [-0.2, 0) is 4.79 Å². The van der Waals surface area contributed by atoms with E-state index in [1.807, 2.05) is 31.2 Å². The molecule has 0 saturated carbocycles. The van der Waals surface area contributed by atoms with Crippen molar-refractivity contribution in [2.24, 2.45) is 0 Å². The van der Waals surface area contributed by atoms with Crippen LogP contribution in [0.1, 0.15) is 29.7 Å².